The lowest BCUT2D eigenvalue weighted by Crippen LogP contribution is -2.02. The van der Waals surface area contributed by atoms with Crippen molar-refractivity contribution in [2.75, 3.05) is 5.73 Å². The van der Waals surface area contributed by atoms with Gasteiger partial charge >= 0.3 is 0 Å². The summed E-state index contributed by atoms with van der Waals surface area (Å²) in [6.07, 6.45) is 2.57. The van der Waals surface area contributed by atoms with E-state index in [1.165, 1.54) is 5.56 Å². The molecule has 3 rings (SSSR count). The summed E-state index contributed by atoms with van der Waals surface area (Å²) in [6.45, 7) is 2.10. The molecule has 96 valence electrons. The fraction of sp³-hybridized carbons (Fsp3) is 0.154. The van der Waals surface area contributed by atoms with Gasteiger partial charge in [-0.05, 0) is 29.7 Å². The van der Waals surface area contributed by atoms with Crippen molar-refractivity contribution in [3.63, 3.8) is 0 Å². The minimum absolute atomic E-state index is 0.126. The van der Waals surface area contributed by atoms with Crippen LogP contribution in [0.25, 0.3) is 16.7 Å². The number of rotatable bonds is 2. The van der Waals surface area contributed by atoms with Gasteiger partial charge in [0.2, 0.25) is 5.28 Å². The van der Waals surface area contributed by atoms with Crippen LogP contribution in [0.1, 0.15) is 12.5 Å². The SMILES string of the molecule is CCc1ccccc1-n1ncc2c(N)nc(Cl)nc21. The molecule has 5 nitrogen and oxygen atoms in total. The number of benzene rings is 1. The fourth-order valence-corrected chi connectivity index (χ4v) is 2.27. The molecule has 19 heavy (non-hydrogen) atoms. The first-order valence-corrected chi connectivity index (χ1v) is 6.33. The van der Waals surface area contributed by atoms with Gasteiger partial charge in [-0.2, -0.15) is 10.1 Å². The third-order valence-corrected chi connectivity index (χ3v) is 3.20. The molecule has 0 radical (unpaired) electrons. The third-order valence-electron chi connectivity index (χ3n) is 3.03. The van der Waals surface area contributed by atoms with Gasteiger partial charge in [-0.3, -0.25) is 0 Å². The Hall–Kier alpha value is -2.14. The van der Waals surface area contributed by atoms with E-state index in [4.69, 9.17) is 17.3 Å². The predicted octanol–water partition coefficient (Wildman–Crippen LogP) is 2.61. The number of para-hydroxylation sites is 1. The van der Waals surface area contributed by atoms with Gasteiger partial charge in [0.25, 0.3) is 0 Å². The zero-order chi connectivity index (χ0) is 13.4. The van der Waals surface area contributed by atoms with Gasteiger partial charge in [-0.1, -0.05) is 25.1 Å². The fourth-order valence-electron chi connectivity index (χ4n) is 2.09. The predicted molar refractivity (Wildman–Crippen MR) is 75.5 cm³/mol. The lowest BCUT2D eigenvalue weighted by molar-refractivity contribution is 0.877. The first kappa shape index (κ1) is 11.9. The van der Waals surface area contributed by atoms with Crippen molar-refractivity contribution in [1.82, 2.24) is 19.7 Å². The number of aryl methyl sites for hydroxylation is 1. The molecule has 0 atom stereocenters. The van der Waals surface area contributed by atoms with Gasteiger partial charge in [0.15, 0.2) is 5.65 Å². The van der Waals surface area contributed by atoms with Crippen LogP contribution >= 0.6 is 11.6 Å². The molecule has 6 heteroatoms. The van der Waals surface area contributed by atoms with E-state index in [2.05, 4.69) is 28.1 Å². The van der Waals surface area contributed by atoms with Crippen LogP contribution in [0, 0.1) is 0 Å². The number of hydrogen-bond acceptors (Lipinski definition) is 4. The highest BCUT2D eigenvalue weighted by molar-refractivity contribution is 6.28. The average Bonchev–Trinajstić information content (AvgIpc) is 2.82. The number of aromatic nitrogens is 4. The summed E-state index contributed by atoms with van der Waals surface area (Å²) in [5, 5.41) is 5.18. The molecule has 0 aliphatic heterocycles. The summed E-state index contributed by atoms with van der Waals surface area (Å²) in [5.74, 6) is 0.343. The molecule has 0 spiro atoms. The molecule has 0 fully saturated rings. The van der Waals surface area contributed by atoms with Gasteiger partial charge < -0.3 is 5.73 Å². The van der Waals surface area contributed by atoms with Crippen molar-refractivity contribution in [3.8, 4) is 5.69 Å². The van der Waals surface area contributed by atoms with Crippen molar-refractivity contribution in [2.24, 2.45) is 0 Å². The number of anilines is 1. The Labute approximate surface area is 115 Å². The first-order valence-electron chi connectivity index (χ1n) is 5.95. The molecule has 3 aromatic rings. The van der Waals surface area contributed by atoms with E-state index in [1.54, 1.807) is 10.9 Å². The molecular formula is C13H12ClN5. The summed E-state index contributed by atoms with van der Waals surface area (Å²) in [4.78, 5) is 8.15. The van der Waals surface area contributed by atoms with Crippen LogP contribution in [0.2, 0.25) is 5.28 Å². The maximum absolute atomic E-state index is 5.87. The molecule has 0 aliphatic rings. The van der Waals surface area contributed by atoms with Crippen LogP contribution in [-0.2, 0) is 6.42 Å². The van der Waals surface area contributed by atoms with Gasteiger partial charge in [0, 0.05) is 0 Å². The Kier molecular flexibility index (Phi) is 2.83. The summed E-state index contributed by atoms with van der Waals surface area (Å²) >= 11 is 5.87. The molecular weight excluding hydrogens is 262 g/mol. The molecule has 0 bridgehead atoms. The first-order chi connectivity index (χ1) is 9.20. The zero-order valence-corrected chi connectivity index (χ0v) is 11.1. The lowest BCUT2D eigenvalue weighted by atomic mass is 10.1. The number of nitrogens with two attached hydrogens (primary N) is 1. The summed E-state index contributed by atoms with van der Waals surface area (Å²) in [5.41, 5.74) is 8.62. The number of fused-ring (bicyclic) bond motifs is 1. The van der Waals surface area contributed by atoms with Crippen LogP contribution in [0.15, 0.2) is 30.5 Å². The second kappa shape index (κ2) is 4.51. The minimum Gasteiger partial charge on any atom is -0.383 e. The molecule has 0 unspecified atom stereocenters. The Balaban J connectivity index is 2.31. The van der Waals surface area contributed by atoms with Crippen molar-refractivity contribution >= 4 is 28.5 Å². The lowest BCUT2D eigenvalue weighted by Gasteiger charge is -2.08. The maximum atomic E-state index is 5.87. The number of nitrogen functional groups attached to an aromatic ring is 1. The van der Waals surface area contributed by atoms with E-state index in [-0.39, 0.29) is 5.28 Å². The Bertz CT molecular complexity index is 750. The largest absolute Gasteiger partial charge is 0.383 e. The Morgan fingerprint density at radius 1 is 1.26 bits per heavy atom. The van der Waals surface area contributed by atoms with Gasteiger partial charge in [0.05, 0.1) is 17.3 Å². The zero-order valence-electron chi connectivity index (χ0n) is 10.3. The van der Waals surface area contributed by atoms with Crippen molar-refractivity contribution in [1.29, 1.82) is 0 Å². The van der Waals surface area contributed by atoms with E-state index < -0.39 is 0 Å². The summed E-state index contributed by atoms with van der Waals surface area (Å²) < 4.78 is 1.75. The highest BCUT2D eigenvalue weighted by Crippen LogP contribution is 2.23. The highest BCUT2D eigenvalue weighted by atomic mass is 35.5. The summed E-state index contributed by atoms with van der Waals surface area (Å²) in [6, 6.07) is 8.03. The van der Waals surface area contributed by atoms with Crippen LogP contribution in [-0.4, -0.2) is 19.7 Å². The van der Waals surface area contributed by atoms with E-state index in [1.807, 2.05) is 18.2 Å². The van der Waals surface area contributed by atoms with Crippen LogP contribution in [0.5, 0.6) is 0 Å². The van der Waals surface area contributed by atoms with Crippen LogP contribution in [0.4, 0.5) is 5.82 Å². The second-order valence-electron chi connectivity index (χ2n) is 4.15. The normalized spacial score (nSPS) is 11.1. The third kappa shape index (κ3) is 1.92. The molecule has 0 saturated carbocycles. The second-order valence-corrected chi connectivity index (χ2v) is 4.49. The molecule has 1 aromatic carbocycles. The van der Waals surface area contributed by atoms with E-state index in [0.717, 1.165) is 12.1 Å². The molecule has 2 heterocycles. The maximum Gasteiger partial charge on any atom is 0.226 e. The molecule has 0 aliphatic carbocycles. The molecule has 0 saturated heterocycles. The summed E-state index contributed by atoms with van der Waals surface area (Å²) in [7, 11) is 0. The Morgan fingerprint density at radius 2 is 2.05 bits per heavy atom. The van der Waals surface area contributed by atoms with E-state index in [0.29, 0.717) is 16.9 Å². The number of nitrogens with zero attached hydrogens (tertiary/aromatic N) is 4. The topological polar surface area (TPSA) is 69.6 Å². The average molecular weight is 274 g/mol. The number of halogens is 1. The van der Waals surface area contributed by atoms with Crippen molar-refractivity contribution in [3.05, 3.63) is 41.3 Å². The van der Waals surface area contributed by atoms with E-state index in [9.17, 15) is 0 Å². The van der Waals surface area contributed by atoms with Crippen molar-refractivity contribution < 1.29 is 0 Å². The van der Waals surface area contributed by atoms with Gasteiger partial charge in [-0.25, -0.2) is 9.67 Å². The van der Waals surface area contributed by atoms with E-state index >= 15 is 0 Å². The van der Waals surface area contributed by atoms with Crippen LogP contribution < -0.4 is 5.73 Å². The minimum atomic E-state index is 0.126. The number of hydrogen-bond donors (Lipinski definition) is 1. The molecule has 2 aromatic heterocycles. The molecule has 2 N–H and O–H groups in total. The van der Waals surface area contributed by atoms with Crippen LogP contribution in [0.3, 0.4) is 0 Å². The molecule has 0 amide bonds. The quantitative estimate of drug-likeness (QED) is 0.729. The Morgan fingerprint density at radius 3 is 2.84 bits per heavy atom. The van der Waals surface area contributed by atoms with Gasteiger partial charge in [0.1, 0.15) is 5.82 Å². The standard InChI is InChI=1S/C13H12ClN5/c1-2-8-5-3-4-6-10(8)19-12-9(7-16-19)11(15)17-13(14)18-12/h3-7H,2H2,1H3,(H2,15,17,18). The van der Waals surface area contributed by atoms with Gasteiger partial charge in [-0.15, -0.1) is 0 Å². The highest BCUT2D eigenvalue weighted by Gasteiger charge is 2.13. The monoisotopic (exact) mass is 273 g/mol. The smallest absolute Gasteiger partial charge is 0.226 e. The van der Waals surface area contributed by atoms with Crippen molar-refractivity contribution in [2.45, 2.75) is 13.3 Å².